The van der Waals surface area contributed by atoms with E-state index in [1.165, 1.54) is 0 Å². The summed E-state index contributed by atoms with van der Waals surface area (Å²) in [6.07, 6.45) is 6.14. The maximum atomic E-state index is 6.12. The Kier molecular flexibility index (Phi) is 2.87. The van der Waals surface area contributed by atoms with Crippen molar-refractivity contribution in [3.8, 4) is 0 Å². The summed E-state index contributed by atoms with van der Waals surface area (Å²) in [4.78, 5) is 0. The van der Waals surface area contributed by atoms with Crippen LogP contribution in [0.5, 0.6) is 0 Å². The fraction of sp³-hybridized carbons (Fsp3) is 0.364. The van der Waals surface area contributed by atoms with Crippen LogP contribution < -0.4 is 5.73 Å². The van der Waals surface area contributed by atoms with Crippen LogP contribution >= 0.6 is 0 Å². The summed E-state index contributed by atoms with van der Waals surface area (Å²) in [7, 11) is 0. The molecule has 1 atom stereocenters. The Hall–Kier alpha value is -1.55. The first-order valence-electron chi connectivity index (χ1n) is 5.12. The largest absolute Gasteiger partial charge is 0.472 e. The molecule has 4 nitrogen and oxygen atoms in total. The summed E-state index contributed by atoms with van der Waals surface area (Å²) in [6, 6.07) is 3.68. The zero-order chi connectivity index (χ0) is 10.7. The van der Waals surface area contributed by atoms with Gasteiger partial charge in [-0.3, -0.25) is 4.68 Å². The summed E-state index contributed by atoms with van der Waals surface area (Å²) in [5, 5.41) is 4.24. The molecular weight excluding hydrogens is 190 g/mol. The van der Waals surface area contributed by atoms with E-state index in [9.17, 15) is 0 Å². The van der Waals surface area contributed by atoms with Gasteiger partial charge in [-0.1, -0.05) is 6.92 Å². The Morgan fingerprint density at radius 2 is 2.40 bits per heavy atom. The Morgan fingerprint density at radius 3 is 3.07 bits per heavy atom. The van der Waals surface area contributed by atoms with Gasteiger partial charge in [-0.2, -0.15) is 5.10 Å². The van der Waals surface area contributed by atoms with Crippen LogP contribution in [-0.4, -0.2) is 9.78 Å². The van der Waals surface area contributed by atoms with Crippen LogP contribution in [0.15, 0.2) is 35.3 Å². The zero-order valence-corrected chi connectivity index (χ0v) is 8.76. The second kappa shape index (κ2) is 4.31. The van der Waals surface area contributed by atoms with Crippen molar-refractivity contribution in [2.75, 3.05) is 0 Å². The number of nitrogens with zero attached hydrogens (tertiary/aromatic N) is 2. The van der Waals surface area contributed by atoms with Gasteiger partial charge in [0.1, 0.15) is 0 Å². The monoisotopic (exact) mass is 205 g/mol. The quantitative estimate of drug-likeness (QED) is 0.829. The molecule has 0 aliphatic rings. The molecule has 2 heterocycles. The van der Waals surface area contributed by atoms with E-state index in [-0.39, 0.29) is 6.04 Å². The molecule has 0 radical (unpaired) electrons. The van der Waals surface area contributed by atoms with Gasteiger partial charge in [0, 0.05) is 18.3 Å². The van der Waals surface area contributed by atoms with Gasteiger partial charge in [-0.15, -0.1) is 0 Å². The van der Waals surface area contributed by atoms with Crippen molar-refractivity contribution in [2.45, 2.75) is 25.9 Å². The van der Waals surface area contributed by atoms with Gasteiger partial charge in [0.2, 0.25) is 0 Å². The lowest BCUT2D eigenvalue weighted by Crippen LogP contribution is -2.16. The van der Waals surface area contributed by atoms with E-state index in [4.69, 9.17) is 10.2 Å². The maximum absolute atomic E-state index is 6.12. The smallest absolute Gasteiger partial charge is 0.0954 e. The highest BCUT2D eigenvalue weighted by Crippen LogP contribution is 2.19. The van der Waals surface area contributed by atoms with E-state index in [1.807, 2.05) is 16.8 Å². The summed E-state index contributed by atoms with van der Waals surface area (Å²) in [5.41, 5.74) is 8.12. The minimum Gasteiger partial charge on any atom is -0.472 e. The highest BCUT2D eigenvalue weighted by Gasteiger charge is 2.14. The van der Waals surface area contributed by atoms with Gasteiger partial charge in [0.15, 0.2) is 0 Å². The highest BCUT2D eigenvalue weighted by molar-refractivity contribution is 5.23. The van der Waals surface area contributed by atoms with Crippen LogP contribution in [0.3, 0.4) is 0 Å². The predicted molar refractivity (Wildman–Crippen MR) is 57.3 cm³/mol. The lowest BCUT2D eigenvalue weighted by Gasteiger charge is -2.11. The lowest BCUT2D eigenvalue weighted by molar-refractivity contribution is 0.546. The molecule has 0 aromatic carbocycles. The van der Waals surface area contributed by atoms with E-state index in [1.54, 1.807) is 18.7 Å². The van der Waals surface area contributed by atoms with Gasteiger partial charge in [0.25, 0.3) is 0 Å². The molecule has 15 heavy (non-hydrogen) atoms. The Labute approximate surface area is 88.7 Å². The third-order valence-corrected chi connectivity index (χ3v) is 2.41. The van der Waals surface area contributed by atoms with Crippen molar-refractivity contribution < 1.29 is 4.42 Å². The first-order valence-corrected chi connectivity index (χ1v) is 5.12. The lowest BCUT2D eigenvalue weighted by atomic mass is 10.1. The first kappa shape index (κ1) is 9.98. The number of hydrogen-bond acceptors (Lipinski definition) is 3. The number of aromatic nitrogens is 2. The maximum Gasteiger partial charge on any atom is 0.0954 e. The minimum atomic E-state index is -0.155. The molecule has 0 fully saturated rings. The van der Waals surface area contributed by atoms with Crippen molar-refractivity contribution in [3.05, 3.63) is 42.1 Å². The molecule has 0 aliphatic heterocycles. The Morgan fingerprint density at radius 1 is 1.53 bits per heavy atom. The molecule has 2 rings (SSSR count). The molecule has 0 saturated heterocycles. The van der Waals surface area contributed by atoms with Crippen LogP contribution in [0.2, 0.25) is 0 Å². The Balaban J connectivity index is 2.25. The predicted octanol–water partition coefficient (Wildman–Crippen LogP) is 1.93. The van der Waals surface area contributed by atoms with Crippen LogP contribution in [-0.2, 0) is 6.54 Å². The average molecular weight is 205 g/mol. The normalized spacial score (nSPS) is 12.9. The molecule has 0 bridgehead atoms. The van der Waals surface area contributed by atoms with Crippen molar-refractivity contribution in [1.29, 1.82) is 0 Å². The summed E-state index contributed by atoms with van der Waals surface area (Å²) in [5.74, 6) is 0. The van der Waals surface area contributed by atoms with E-state index in [0.29, 0.717) is 0 Å². The second-order valence-corrected chi connectivity index (χ2v) is 3.51. The molecule has 1 unspecified atom stereocenters. The summed E-state index contributed by atoms with van der Waals surface area (Å²) < 4.78 is 6.97. The fourth-order valence-corrected chi connectivity index (χ4v) is 1.63. The molecule has 80 valence electrons. The minimum absolute atomic E-state index is 0.155. The number of rotatable bonds is 4. The van der Waals surface area contributed by atoms with Crippen molar-refractivity contribution in [3.63, 3.8) is 0 Å². The van der Waals surface area contributed by atoms with Crippen molar-refractivity contribution in [1.82, 2.24) is 9.78 Å². The third kappa shape index (κ3) is 1.94. The van der Waals surface area contributed by atoms with Crippen LogP contribution in [0.25, 0.3) is 0 Å². The standard InChI is InChI=1S/C11H15N3O/c1-2-6-14-10(3-5-13-14)11(12)9-4-7-15-8-9/h3-5,7-8,11H,2,6,12H2,1H3. The summed E-state index contributed by atoms with van der Waals surface area (Å²) >= 11 is 0. The zero-order valence-electron chi connectivity index (χ0n) is 8.76. The third-order valence-electron chi connectivity index (χ3n) is 2.41. The van der Waals surface area contributed by atoms with E-state index >= 15 is 0 Å². The van der Waals surface area contributed by atoms with Crippen LogP contribution in [0.1, 0.15) is 30.6 Å². The molecule has 0 spiro atoms. The average Bonchev–Trinajstić information content (AvgIpc) is 2.87. The van der Waals surface area contributed by atoms with Gasteiger partial charge in [-0.25, -0.2) is 0 Å². The highest BCUT2D eigenvalue weighted by atomic mass is 16.3. The number of furan rings is 1. The van der Waals surface area contributed by atoms with Crippen LogP contribution in [0.4, 0.5) is 0 Å². The van der Waals surface area contributed by atoms with Crippen LogP contribution in [0, 0.1) is 0 Å². The van der Waals surface area contributed by atoms with Gasteiger partial charge < -0.3 is 10.2 Å². The van der Waals surface area contributed by atoms with E-state index in [0.717, 1.165) is 24.2 Å². The molecule has 0 aliphatic carbocycles. The number of aryl methyl sites for hydroxylation is 1. The molecule has 0 saturated carbocycles. The molecule has 2 N–H and O–H groups in total. The van der Waals surface area contributed by atoms with Gasteiger partial charge >= 0.3 is 0 Å². The van der Waals surface area contributed by atoms with E-state index < -0.39 is 0 Å². The van der Waals surface area contributed by atoms with E-state index in [2.05, 4.69) is 12.0 Å². The summed E-state index contributed by atoms with van der Waals surface area (Å²) in [6.45, 7) is 3.02. The molecule has 2 aromatic heterocycles. The van der Waals surface area contributed by atoms with Gasteiger partial charge in [-0.05, 0) is 18.6 Å². The fourth-order valence-electron chi connectivity index (χ4n) is 1.63. The number of nitrogens with two attached hydrogens (primary N) is 1. The molecule has 0 amide bonds. The SMILES string of the molecule is CCCn1nccc1C(N)c1ccoc1. The molecular formula is C11H15N3O. The van der Waals surface area contributed by atoms with Crippen molar-refractivity contribution >= 4 is 0 Å². The molecule has 4 heteroatoms. The second-order valence-electron chi connectivity index (χ2n) is 3.51. The van der Waals surface area contributed by atoms with Gasteiger partial charge in [0.05, 0.1) is 24.3 Å². The topological polar surface area (TPSA) is 57.0 Å². The first-order chi connectivity index (χ1) is 7.33. The Bertz CT molecular complexity index is 405. The number of hydrogen-bond donors (Lipinski definition) is 1. The molecule has 2 aromatic rings. The van der Waals surface area contributed by atoms with Crippen molar-refractivity contribution in [2.24, 2.45) is 5.73 Å².